The summed E-state index contributed by atoms with van der Waals surface area (Å²) in [5.74, 6) is 0.504. The highest BCUT2D eigenvalue weighted by molar-refractivity contribution is 6.21. The van der Waals surface area contributed by atoms with Crippen molar-refractivity contribution in [2.24, 2.45) is 0 Å². The first-order valence-electron chi connectivity index (χ1n) is 9.27. The number of amides is 2. The Kier molecular flexibility index (Phi) is 3.70. The first kappa shape index (κ1) is 16.1. The number of nitrogens with one attached hydrogen (secondary N) is 1. The molecule has 1 fully saturated rings. The number of rotatable bonds is 3. The van der Waals surface area contributed by atoms with Gasteiger partial charge in [-0.1, -0.05) is 12.1 Å². The van der Waals surface area contributed by atoms with E-state index in [1.807, 2.05) is 18.2 Å². The molecule has 0 spiro atoms. The van der Waals surface area contributed by atoms with Gasteiger partial charge in [-0.05, 0) is 56.0 Å². The molecule has 1 N–H and O–H groups in total. The molecule has 5 rings (SSSR count). The van der Waals surface area contributed by atoms with Gasteiger partial charge in [-0.25, -0.2) is 0 Å². The molecule has 0 bridgehead atoms. The van der Waals surface area contributed by atoms with Crippen LogP contribution in [-0.2, 0) is 0 Å². The smallest absolute Gasteiger partial charge is 0.261 e. The van der Waals surface area contributed by atoms with Gasteiger partial charge in [0.05, 0.1) is 28.9 Å². The Bertz CT molecular complexity index is 999. The van der Waals surface area contributed by atoms with Crippen molar-refractivity contribution in [2.75, 3.05) is 0 Å². The second-order valence-corrected chi connectivity index (χ2v) is 7.19. The molecule has 2 heterocycles. The van der Waals surface area contributed by atoms with Crippen molar-refractivity contribution in [3.05, 3.63) is 59.8 Å². The summed E-state index contributed by atoms with van der Waals surface area (Å²) in [7, 11) is 0. The summed E-state index contributed by atoms with van der Waals surface area (Å²) in [6.45, 7) is 0. The van der Waals surface area contributed by atoms with E-state index in [-0.39, 0.29) is 24.0 Å². The molecule has 1 aliphatic heterocycles. The topological polar surface area (TPSA) is 75.3 Å². The molecule has 1 saturated carbocycles. The first-order valence-corrected chi connectivity index (χ1v) is 9.27. The fraction of sp³-hybridized carbons (Fsp3) is 0.286. The summed E-state index contributed by atoms with van der Waals surface area (Å²) in [5, 5.41) is 7.97. The van der Waals surface area contributed by atoms with E-state index < -0.39 is 0 Å². The maximum atomic E-state index is 12.6. The van der Waals surface area contributed by atoms with Crippen molar-refractivity contribution in [1.82, 2.24) is 15.1 Å². The van der Waals surface area contributed by atoms with Gasteiger partial charge in [-0.15, -0.1) is 0 Å². The third-order valence-electron chi connectivity index (χ3n) is 5.55. The highest BCUT2D eigenvalue weighted by Crippen LogP contribution is 2.32. The van der Waals surface area contributed by atoms with E-state index in [1.54, 1.807) is 30.5 Å². The van der Waals surface area contributed by atoms with Crippen LogP contribution in [0.5, 0.6) is 5.75 Å². The van der Waals surface area contributed by atoms with Crippen LogP contribution in [0, 0.1) is 0 Å². The van der Waals surface area contributed by atoms with E-state index in [1.165, 1.54) is 4.90 Å². The molecule has 2 aliphatic rings. The molecule has 1 aliphatic carbocycles. The summed E-state index contributed by atoms with van der Waals surface area (Å²) in [4.78, 5) is 26.7. The predicted octanol–water partition coefficient (Wildman–Crippen LogP) is 3.55. The van der Waals surface area contributed by atoms with Crippen molar-refractivity contribution in [3.63, 3.8) is 0 Å². The Balaban J connectivity index is 1.25. The average Bonchev–Trinajstić information content (AvgIpc) is 3.26. The monoisotopic (exact) mass is 361 g/mol. The molecular weight excluding hydrogens is 342 g/mol. The minimum absolute atomic E-state index is 0.0476. The van der Waals surface area contributed by atoms with Gasteiger partial charge < -0.3 is 4.74 Å². The van der Waals surface area contributed by atoms with E-state index in [0.717, 1.165) is 42.3 Å². The summed E-state index contributed by atoms with van der Waals surface area (Å²) >= 11 is 0. The molecule has 136 valence electrons. The number of fused-ring (bicyclic) bond motifs is 2. The van der Waals surface area contributed by atoms with Gasteiger partial charge in [0.1, 0.15) is 5.75 Å². The van der Waals surface area contributed by atoms with Crippen molar-refractivity contribution in [2.45, 2.75) is 37.8 Å². The van der Waals surface area contributed by atoms with Crippen molar-refractivity contribution in [1.29, 1.82) is 0 Å². The van der Waals surface area contributed by atoms with Crippen LogP contribution in [-0.4, -0.2) is 39.1 Å². The number of carbonyl (C=O) groups is 2. The zero-order valence-electron chi connectivity index (χ0n) is 14.7. The minimum Gasteiger partial charge on any atom is -0.490 e. The van der Waals surface area contributed by atoms with E-state index in [4.69, 9.17) is 4.74 Å². The molecule has 6 nitrogen and oxygen atoms in total. The Morgan fingerprint density at radius 2 is 1.67 bits per heavy atom. The SMILES string of the molecule is O=C1c2ccccc2C(=O)N1C1CCC(Oc2ccc3[nH]ncc3c2)CC1. The van der Waals surface area contributed by atoms with E-state index >= 15 is 0 Å². The lowest BCUT2D eigenvalue weighted by atomic mass is 9.91. The molecule has 6 heteroatoms. The van der Waals surface area contributed by atoms with Crippen LogP contribution >= 0.6 is 0 Å². The summed E-state index contributed by atoms with van der Waals surface area (Å²) in [5.41, 5.74) is 2.03. The van der Waals surface area contributed by atoms with Gasteiger partial charge in [-0.2, -0.15) is 5.10 Å². The number of hydrogen-bond donors (Lipinski definition) is 1. The molecule has 1 aromatic heterocycles. The third-order valence-corrected chi connectivity index (χ3v) is 5.55. The zero-order chi connectivity index (χ0) is 18.4. The fourth-order valence-corrected chi connectivity index (χ4v) is 4.15. The van der Waals surface area contributed by atoms with Gasteiger partial charge in [0.2, 0.25) is 0 Å². The number of benzene rings is 2. The quantitative estimate of drug-likeness (QED) is 0.724. The van der Waals surface area contributed by atoms with Gasteiger partial charge >= 0.3 is 0 Å². The molecule has 27 heavy (non-hydrogen) atoms. The predicted molar refractivity (Wildman–Crippen MR) is 99.7 cm³/mol. The summed E-state index contributed by atoms with van der Waals surface area (Å²) < 4.78 is 6.13. The lowest BCUT2D eigenvalue weighted by Crippen LogP contribution is -2.43. The lowest BCUT2D eigenvalue weighted by Gasteiger charge is -2.33. The van der Waals surface area contributed by atoms with Crippen molar-refractivity contribution in [3.8, 4) is 5.75 Å². The number of aromatic nitrogens is 2. The number of ether oxygens (including phenoxy) is 1. The number of aromatic amines is 1. The van der Waals surface area contributed by atoms with Crippen LogP contribution in [0.3, 0.4) is 0 Å². The fourth-order valence-electron chi connectivity index (χ4n) is 4.15. The van der Waals surface area contributed by atoms with E-state index in [9.17, 15) is 9.59 Å². The summed E-state index contributed by atoms with van der Waals surface area (Å²) in [6, 6.07) is 12.9. The summed E-state index contributed by atoms with van der Waals surface area (Å²) in [6.07, 6.45) is 5.05. The normalized spacial score (nSPS) is 22.3. The van der Waals surface area contributed by atoms with Gasteiger partial charge in [0, 0.05) is 11.4 Å². The second-order valence-electron chi connectivity index (χ2n) is 7.19. The minimum atomic E-state index is -0.162. The van der Waals surface area contributed by atoms with E-state index in [0.29, 0.717) is 11.1 Å². The molecule has 0 unspecified atom stereocenters. The number of nitrogens with zero attached hydrogens (tertiary/aromatic N) is 2. The standard InChI is InChI=1S/C21H19N3O3/c25-20-17-3-1-2-4-18(17)21(26)24(20)14-5-7-15(8-6-14)27-16-9-10-19-13(11-16)12-22-23-19/h1-4,9-12,14-15H,5-8H2,(H,22,23). The maximum absolute atomic E-state index is 12.6. The molecule has 0 atom stereocenters. The second kappa shape index (κ2) is 6.23. The molecule has 2 aromatic carbocycles. The third kappa shape index (κ3) is 2.68. The van der Waals surface area contributed by atoms with Crippen LogP contribution in [0.15, 0.2) is 48.7 Å². The largest absolute Gasteiger partial charge is 0.490 e. The van der Waals surface area contributed by atoms with Crippen LogP contribution in [0.4, 0.5) is 0 Å². The average molecular weight is 361 g/mol. The Morgan fingerprint density at radius 1 is 0.963 bits per heavy atom. The van der Waals surface area contributed by atoms with Crippen molar-refractivity contribution >= 4 is 22.7 Å². The molecule has 2 amide bonds. The Labute approximate surface area is 156 Å². The number of imide groups is 1. The van der Waals surface area contributed by atoms with Crippen molar-refractivity contribution < 1.29 is 14.3 Å². The Hall–Kier alpha value is -3.15. The molecule has 0 radical (unpaired) electrons. The lowest BCUT2D eigenvalue weighted by molar-refractivity contribution is 0.0478. The van der Waals surface area contributed by atoms with Gasteiger partial charge in [0.25, 0.3) is 11.8 Å². The first-order chi connectivity index (χ1) is 13.2. The molecular formula is C21H19N3O3. The van der Waals surface area contributed by atoms with Crippen LogP contribution < -0.4 is 4.74 Å². The van der Waals surface area contributed by atoms with E-state index in [2.05, 4.69) is 10.2 Å². The number of H-pyrrole nitrogens is 1. The highest BCUT2D eigenvalue weighted by atomic mass is 16.5. The molecule has 3 aromatic rings. The van der Waals surface area contributed by atoms with Crippen LogP contribution in [0.1, 0.15) is 46.4 Å². The highest BCUT2D eigenvalue weighted by Gasteiger charge is 2.41. The van der Waals surface area contributed by atoms with Crippen LogP contribution in [0.2, 0.25) is 0 Å². The Morgan fingerprint density at radius 3 is 2.37 bits per heavy atom. The number of carbonyl (C=O) groups excluding carboxylic acids is 2. The zero-order valence-corrected chi connectivity index (χ0v) is 14.7. The number of hydrogen-bond acceptors (Lipinski definition) is 4. The molecule has 0 saturated heterocycles. The maximum Gasteiger partial charge on any atom is 0.261 e. The van der Waals surface area contributed by atoms with Gasteiger partial charge in [-0.3, -0.25) is 19.6 Å². The van der Waals surface area contributed by atoms with Gasteiger partial charge in [0.15, 0.2) is 0 Å². The van der Waals surface area contributed by atoms with Crippen LogP contribution in [0.25, 0.3) is 10.9 Å².